The summed E-state index contributed by atoms with van der Waals surface area (Å²) < 4.78 is 7.61. The van der Waals surface area contributed by atoms with Crippen molar-refractivity contribution in [1.29, 1.82) is 0 Å². The number of nitrogens with zero attached hydrogens (tertiary/aromatic N) is 4. The molecule has 20 heavy (non-hydrogen) atoms. The first-order chi connectivity index (χ1) is 9.61. The second-order valence-corrected chi connectivity index (χ2v) is 5.20. The summed E-state index contributed by atoms with van der Waals surface area (Å²) >= 11 is 0. The molecule has 8 nitrogen and oxygen atoms in total. The number of ether oxygens (including phenoxy) is 1. The van der Waals surface area contributed by atoms with Gasteiger partial charge in [-0.3, -0.25) is 4.57 Å². The molecule has 1 saturated heterocycles. The van der Waals surface area contributed by atoms with Crippen LogP contribution in [0.3, 0.4) is 0 Å². The Morgan fingerprint density at radius 2 is 2.15 bits per heavy atom. The number of aromatic nitrogens is 4. The third-order valence-electron chi connectivity index (χ3n) is 4.13. The molecule has 0 saturated carbocycles. The Labute approximate surface area is 115 Å². The molecular formula is C12H17N5O3. The van der Waals surface area contributed by atoms with Gasteiger partial charge in [0, 0.05) is 11.8 Å². The molecule has 1 aliphatic rings. The fourth-order valence-electron chi connectivity index (χ4n) is 2.62. The molecule has 0 aromatic carbocycles. The molecule has 0 radical (unpaired) electrons. The summed E-state index contributed by atoms with van der Waals surface area (Å²) in [7, 11) is 0. The number of aliphatic hydroxyl groups excluding tert-OH is 2. The van der Waals surface area contributed by atoms with Crippen molar-refractivity contribution in [2.45, 2.75) is 25.7 Å². The third-order valence-corrected chi connectivity index (χ3v) is 4.13. The SMILES string of the molecule is C[C@H]1O[C@H](n2cnc3c(N)ncnc32)CC1(CO)CO. The zero-order valence-electron chi connectivity index (χ0n) is 11.1. The standard InChI is InChI=1S/C12H17N5O3/c1-7-12(3-18,4-19)2-8(20-7)17-6-16-9-10(13)14-5-15-11(9)17/h5-8,18-19H,2-4H2,1H3,(H2,13,14,15)/t7-,8+/m1/s1. The number of aliphatic hydroxyl groups is 2. The molecule has 1 fully saturated rings. The number of hydrogen-bond donors (Lipinski definition) is 3. The van der Waals surface area contributed by atoms with Crippen molar-refractivity contribution in [2.24, 2.45) is 5.41 Å². The van der Waals surface area contributed by atoms with Crippen molar-refractivity contribution >= 4 is 17.0 Å². The first kappa shape index (κ1) is 13.2. The number of nitrogen functional groups attached to an aromatic ring is 1. The maximum absolute atomic E-state index is 9.55. The van der Waals surface area contributed by atoms with E-state index in [-0.39, 0.29) is 25.5 Å². The van der Waals surface area contributed by atoms with Crippen LogP contribution in [0.1, 0.15) is 19.6 Å². The van der Waals surface area contributed by atoms with Crippen molar-refractivity contribution < 1.29 is 14.9 Å². The van der Waals surface area contributed by atoms with Gasteiger partial charge in [0.15, 0.2) is 11.5 Å². The Bertz CT molecular complexity index is 625. The number of fused-ring (bicyclic) bond motifs is 1. The summed E-state index contributed by atoms with van der Waals surface area (Å²) in [6, 6.07) is 0. The number of anilines is 1. The molecule has 2 aromatic rings. The van der Waals surface area contributed by atoms with Crippen LogP contribution in [0, 0.1) is 5.41 Å². The molecule has 3 heterocycles. The number of rotatable bonds is 3. The molecule has 1 aliphatic heterocycles. The van der Waals surface area contributed by atoms with Gasteiger partial charge in [0.2, 0.25) is 0 Å². The normalized spacial score (nSPS) is 25.4. The first-order valence-corrected chi connectivity index (χ1v) is 6.41. The lowest BCUT2D eigenvalue weighted by Gasteiger charge is -2.26. The fraction of sp³-hybridized carbons (Fsp3) is 0.583. The van der Waals surface area contributed by atoms with E-state index in [4.69, 9.17) is 10.5 Å². The molecule has 4 N–H and O–H groups in total. The minimum absolute atomic E-state index is 0.134. The van der Waals surface area contributed by atoms with Crippen LogP contribution < -0.4 is 5.73 Å². The van der Waals surface area contributed by atoms with E-state index in [1.54, 1.807) is 10.9 Å². The Balaban J connectivity index is 1.99. The van der Waals surface area contributed by atoms with Crippen LogP contribution >= 0.6 is 0 Å². The summed E-state index contributed by atoms with van der Waals surface area (Å²) in [6.07, 6.45) is 2.84. The number of imidazole rings is 1. The largest absolute Gasteiger partial charge is 0.396 e. The first-order valence-electron chi connectivity index (χ1n) is 6.41. The average Bonchev–Trinajstić information content (AvgIpc) is 3.01. The highest BCUT2D eigenvalue weighted by Gasteiger charge is 2.46. The number of nitrogens with two attached hydrogens (primary N) is 1. The average molecular weight is 279 g/mol. The van der Waals surface area contributed by atoms with E-state index < -0.39 is 5.41 Å². The van der Waals surface area contributed by atoms with Crippen LogP contribution in [0.4, 0.5) is 5.82 Å². The summed E-state index contributed by atoms with van der Waals surface area (Å²) in [5, 5.41) is 19.1. The molecule has 0 bridgehead atoms. The lowest BCUT2D eigenvalue weighted by atomic mass is 9.83. The fourth-order valence-corrected chi connectivity index (χ4v) is 2.62. The topological polar surface area (TPSA) is 119 Å². The van der Waals surface area contributed by atoms with Gasteiger partial charge in [0.1, 0.15) is 18.1 Å². The Morgan fingerprint density at radius 1 is 1.40 bits per heavy atom. The highest BCUT2D eigenvalue weighted by molar-refractivity contribution is 5.81. The summed E-state index contributed by atoms with van der Waals surface area (Å²) in [4.78, 5) is 12.3. The Hall–Kier alpha value is -1.77. The van der Waals surface area contributed by atoms with Crippen molar-refractivity contribution in [2.75, 3.05) is 18.9 Å². The van der Waals surface area contributed by atoms with Gasteiger partial charge in [-0.2, -0.15) is 0 Å². The maximum Gasteiger partial charge on any atom is 0.167 e. The van der Waals surface area contributed by atoms with Crippen LogP contribution in [0.2, 0.25) is 0 Å². The van der Waals surface area contributed by atoms with E-state index in [0.29, 0.717) is 23.4 Å². The predicted molar refractivity (Wildman–Crippen MR) is 70.5 cm³/mol. The van der Waals surface area contributed by atoms with Gasteiger partial charge in [0.05, 0.1) is 25.6 Å². The van der Waals surface area contributed by atoms with E-state index in [0.717, 1.165) is 0 Å². The molecule has 8 heteroatoms. The van der Waals surface area contributed by atoms with Crippen molar-refractivity contribution in [3.63, 3.8) is 0 Å². The minimum atomic E-state index is -0.653. The second-order valence-electron chi connectivity index (χ2n) is 5.20. The van der Waals surface area contributed by atoms with Crippen LogP contribution in [0.25, 0.3) is 11.2 Å². The lowest BCUT2D eigenvalue weighted by Crippen LogP contribution is -2.36. The number of hydrogen-bond acceptors (Lipinski definition) is 7. The van der Waals surface area contributed by atoms with E-state index in [1.807, 2.05) is 6.92 Å². The molecular weight excluding hydrogens is 262 g/mol. The van der Waals surface area contributed by atoms with Crippen molar-refractivity contribution in [1.82, 2.24) is 19.5 Å². The summed E-state index contributed by atoms with van der Waals surface area (Å²) in [6.45, 7) is 1.57. The quantitative estimate of drug-likeness (QED) is 0.704. The predicted octanol–water partition coefficient (Wildman–Crippen LogP) is -0.313. The van der Waals surface area contributed by atoms with Crippen LogP contribution in [-0.4, -0.2) is 49.0 Å². The van der Waals surface area contributed by atoms with Gasteiger partial charge in [-0.05, 0) is 6.92 Å². The molecule has 108 valence electrons. The molecule has 2 aromatic heterocycles. The maximum atomic E-state index is 9.55. The van der Waals surface area contributed by atoms with Crippen LogP contribution in [-0.2, 0) is 4.74 Å². The zero-order valence-corrected chi connectivity index (χ0v) is 11.1. The highest BCUT2D eigenvalue weighted by Crippen LogP contribution is 2.43. The molecule has 2 atom stereocenters. The highest BCUT2D eigenvalue weighted by atomic mass is 16.5. The summed E-state index contributed by atoms with van der Waals surface area (Å²) in [5.74, 6) is 0.315. The molecule has 0 aliphatic carbocycles. The van der Waals surface area contributed by atoms with Crippen LogP contribution in [0.5, 0.6) is 0 Å². The van der Waals surface area contributed by atoms with E-state index in [2.05, 4.69) is 15.0 Å². The van der Waals surface area contributed by atoms with Gasteiger partial charge < -0.3 is 20.7 Å². The van der Waals surface area contributed by atoms with Gasteiger partial charge >= 0.3 is 0 Å². The summed E-state index contributed by atoms with van der Waals surface area (Å²) in [5.41, 5.74) is 6.21. The molecule has 0 amide bonds. The smallest absolute Gasteiger partial charge is 0.167 e. The zero-order chi connectivity index (χ0) is 14.3. The van der Waals surface area contributed by atoms with Gasteiger partial charge in [-0.25, -0.2) is 15.0 Å². The Morgan fingerprint density at radius 3 is 2.80 bits per heavy atom. The molecule has 0 unspecified atom stereocenters. The van der Waals surface area contributed by atoms with Crippen LogP contribution in [0.15, 0.2) is 12.7 Å². The van der Waals surface area contributed by atoms with Crippen molar-refractivity contribution in [3.05, 3.63) is 12.7 Å². The molecule has 3 rings (SSSR count). The van der Waals surface area contributed by atoms with Gasteiger partial charge in [0.25, 0.3) is 0 Å². The third kappa shape index (κ3) is 1.76. The second kappa shape index (κ2) is 4.65. The van der Waals surface area contributed by atoms with E-state index >= 15 is 0 Å². The molecule has 0 spiro atoms. The minimum Gasteiger partial charge on any atom is -0.396 e. The van der Waals surface area contributed by atoms with E-state index in [9.17, 15) is 10.2 Å². The van der Waals surface area contributed by atoms with Gasteiger partial charge in [-0.1, -0.05) is 0 Å². The van der Waals surface area contributed by atoms with E-state index in [1.165, 1.54) is 6.33 Å². The monoisotopic (exact) mass is 279 g/mol. The van der Waals surface area contributed by atoms with Crippen molar-refractivity contribution in [3.8, 4) is 0 Å². The Kier molecular flexibility index (Phi) is 3.08. The lowest BCUT2D eigenvalue weighted by molar-refractivity contribution is -0.0348. The van der Waals surface area contributed by atoms with Gasteiger partial charge in [-0.15, -0.1) is 0 Å².